The summed E-state index contributed by atoms with van der Waals surface area (Å²) in [6.07, 6.45) is 0.706. The molecule has 6 heteroatoms. The van der Waals surface area contributed by atoms with Gasteiger partial charge in [-0.05, 0) is 53.3 Å². The molecule has 138 valence electrons. The molecule has 3 aromatic carbocycles. The van der Waals surface area contributed by atoms with Crippen LogP contribution in [-0.2, 0) is 0 Å². The second-order valence-electron chi connectivity index (χ2n) is 6.09. The average molecular weight is 386 g/mol. The Balaban J connectivity index is 1.85. The zero-order valence-electron chi connectivity index (χ0n) is 14.4. The minimum absolute atomic E-state index is 0.00255. The van der Waals surface area contributed by atoms with Crippen LogP contribution >= 0.6 is 11.8 Å². The minimum Gasteiger partial charge on any atom is -0.454 e. The molecule has 1 atom stereocenters. The highest BCUT2D eigenvalue weighted by Crippen LogP contribution is 2.42. The fourth-order valence-corrected chi connectivity index (χ4v) is 3.50. The summed E-state index contributed by atoms with van der Waals surface area (Å²) in [4.78, 5) is 1.10. The predicted molar refractivity (Wildman–Crippen MR) is 100 cm³/mol. The second-order valence-corrected chi connectivity index (χ2v) is 6.97. The van der Waals surface area contributed by atoms with Crippen molar-refractivity contribution in [2.75, 3.05) is 13.0 Å². The normalized spacial score (nSPS) is 13.6. The van der Waals surface area contributed by atoms with Crippen LogP contribution in [0.15, 0.2) is 59.5 Å². The number of ether oxygens (including phenoxy) is 2. The van der Waals surface area contributed by atoms with Crippen molar-refractivity contribution in [1.82, 2.24) is 0 Å². The molecule has 0 spiro atoms. The van der Waals surface area contributed by atoms with Crippen LogP contribution in [0.3, 0.4) is 0 Å². The zero-order valence-corrected chi connectivity index (χ0v) is 15.2. The van der Waals surface area contributed by atoms with Gasteiger partial charge in [0.05, 0.1) is 0 Å². The lowest BCUT2D eigenvalue weighted by molar-refractivity contribution is 0.173. The first kappa shape index (κ1) is 17.8. The van der Waals surface area contributed by atoms with Gasteiger partial charge in [0.15, 0.2) is 11.5 Å². The highest BCUT2D eigenvalue weighted by atomic mass is 32.2. The standard InChI is InChI=1S/C21H16F2O3S/c1-27-14-5-2-12(3-6-14)16-9-19-20(26-11-25-19)10-17(16)21(24)15-7-4-13(22)8-18(15)23/h2-10,21,24H,11H2,1H3. The smallest absolute Gasteiger partial charge is 0.231 e. The SMILES string of the molecule is CSc1ccc(-c2cc3c(cc2C(O)c2ccc(F)cc2F)OCO3)cc1. The fraction of sp³-hybridized carbons (Fsp3) is 0.143. The third-order valence-corrected chi connectivity index (χ3v) is 5.24. The Morgan fingerprint density at radius 3 is 2.30 bits per heavy atom. The number of aliphatic hydroxyl groups is 1. The van der Waals surface area contributed by atoms with Gasteiger partial charge in [-0.2, -0.15) is 0 Å². The van der Waals surface area contributed by atoms with Gasteiger partial charge in [0, 0.05) is 16.5 Å². The van der Waals surface area contributed by atoms with E-state index in [2.05, 4.69) is 0 Å². The Morgan fingerprint density at radius 2 is 1.63 bits per heavy atom. The van der Waals surface area contributed by atoms with Gasteiger partial charge in [0.1, 0.15) is 17.7 Å². The van der Waals surface area contributed by atoms with Crippen molar-refractivity contribution < 1.29 is 23.4 Å². The van der Waals surface area contributed by atoms with Gasteiger partial charge in [-0.15, -0.1) is 11.8 Å². The molecular weight excluding hydrogens is 370 g/mol. The van der Waals surface area contributed by atoms with E-state index in [-0.39, 0.29) is 12.4 Å². The van der Waals surface area contributed by atoms with Crippen LogP contribution in [0.25, 0.3) is 11.1 Å². The summed E-state index contributed by atoms with van der Waals surface area (Å²) < 4.78 is 38.3. The molecule has 1 heterocycles. The van der Waals surface area contributed by atoms with E-state index in [1.807, 2.05) is 30.5 Å². The molecule has 0 amide bonds. The first-order valence-corrected chi connectivity index (χ1v) is 9.50. The van der Waals surface area contributed by atoms with Crippen molar-refractivity contribution in [1.29, 1.82) is 0 Å². The van der Waals surface area contributed by atoms with E-state index in [4.69, 9.17) is 9.47 Å². The van der Waals surface area contributed by atoms with Crippen LogP contribution in [0.1, 0.15) is 17.2 Å². The van der Waals surface area contributed by atoms with Crippen molar-refractivity contribution in [2.24, 2.45) is 0 Å². The average Bonchev–Trinajstić information content (AvgIpc) is 3.14. The molecule has 1 unspecified atom stereocenters. The number of thioether (sulfide) groups is 1. The summed E-state index contributed by atoms with van der Waals surface area (Å²) in [7, 11) is 0. The van der Waals surface area contributed by atoms with E-state index < -0.39 is 17.7 Å². The molecule has 3 aromatic rings. The van der Waals surface area contributed by atoms with Crippen molar-refractivity contribution in [3.63, 3.8) is 0 Å². The molecule has 0 radical (unpaired) electrons. The van der Waals surface area contributed by atoms with Crippen LogP contribution in [0, 0.1) is 11.6 Å². The fourth-order valence-electron chi connectivity index (χ4n) is 3.10. The monoisotopic (exact) mass is 386 g/mol. The molecule has 0 aromatic heterocycles. The molecule has 0 saturated heterocycles. The van der Waals surface area contributed by atoms with Gasteiger partial charge < -0.3 is 14.6 Å². The maximum atomic E-state index is 14.2. The van der Waals surface area contributed by atoms with E-state index in [1.54, 1.807) is 23.9 Å². The summed E-state index contributed by atoms with van der Waals surface area (Å²) in [5, 5.41) is 10.9. The molecule has 4 rings (SSSR count). The maximum absolute atomic E-state index is 14.2. The van der Waals surface area contributed by atoms with E-state index in [0.29, 0.717) is 22.6 Å². The number of halogens is 2. The number of fused-ring (bicyclic) bond motifs is 1. The number of hydrogen-bond acceptors (Lipinski definition) is 4. The Morgan fingerprint density at radius 1 is 0.926 bits per heavy atom. The maximum Gasteiger partial charge on any atom is 0.231 e. The lowest BCUT2D eigenvalue weighted by atomic mass is 9.92. The summed E-state index contributed by atoms with van der Waals surface area (Å²) >= 11 is 1.62. The van der Waals surface area contributed by atoms with Crippen LogP contribution in [-0.4, -0.2) is 18.2 Å². The quantitative estimate of drug-likeness (QED) is 0.629. The molecule has 1 aliphatic rings. The minimum atomic E-state index is -1.28. The molecule has 0 aliphatic carbocycles. The number of rotatable bonds is 4. The lowest BCUT2D eigenvalue weighted by Gasteiger charge is -2.18. The van der Waals surface area contributed by atoms with Gasteiger partial charge in [-0.1, -0.05) is 18.2 Å². The lowest BCUT2D eigenvalue weighted by Crippen LogP contribution is -2.05. The summed E-state index contributed by atoms with van der Waals surface area (Å²) in [6.45, 7) is 0.0879. The third-order valence-electron chi connectivity index (χ3n) is 4.50. The van der Waals surface area contributed by atoms with E-state index in [9.17, 15) is 13.9 Å². The topological polar surface area (TPSA) is 38.7 Å². The molecule has 27 heavy (non-hydrogen) atoms. The Bertz CT molecular complexity index is 989. The molecule has 1 N–H and O–H groups in total. The van der Waals surface area contributed by atoms with Crippen molar-refractivity contribution >= 4 is 11.8 Å². The number of hydrogen-bond donors (Lipinski definition) is 1. The molecular formula is C21H16F2O3S. The van der Waals surface area contributed by atoms with Crippen molar-refractivity contribution in [2.45, 2.75) is 11.0 Å². The van der Waals surface area contributed by atoms with Crippen LogP contribution < -0.4 is 9.47 Å². The van der Waals surface area contributed by atoms with Crippen LogP contribution in [0.2, 0.25) is 0 Å². The highest BCUT2D eigenvalue weighted by Gasteiger charge is 2.24. The van der Waals surface area contributed by atoms with Crippen LogP contribution in [0.4, 0.5) is 8.78 Å². The summed E-state index contributed by atoms with van der Waals surface area (Å²) in [5.74, 6) is -0.448. The Labute approximate surface area is 159 Å². The Hall–Kier alpha value is -2.57. The van der Waals surface area contributed by atoms with Crippen molar-refractivity contribution in [3.05, 3.63) is 77.4 Å². The second kappa shape index (κ2) is 7.21. The van der Waals surface area contributed by atoms with Crippen LogP contribution in [0.5, 0.6) is 11.5 Å². The molecule has 1 aliphatic heterocycles. The van der Waals surface area contributed by atoms with Crippen molar-refractivity contribution in [3.8, 4) is 22.6 Å². The summed E-state index contributed by atoms with van der Waals surface area (Å²) in [6, 6.07) is 14.4. The molecule has 3 nitrogen and oxygen atoms in total. The van der Waals surface area contributed by atoms with Gasteiger partial charge in [-0.25, -0.2) is 8.78 Å². The molecule has 0 bridgehead atoms. The highest BCUT2D eigenvalue weighted by molar-refractivity contribution is 7.98. The van der Waals surface area contributed by atoms with E-state index >= 15 is 0 Å². The molecule has 0 fully saturated rings. The largest absolute Gasteiger partial charge is 0.454 e. The number of aliphatic hydroxyl groups excluding tert-OH is 1. The predicted octanol–water partition coefficient (Wildman–Crippen LogP) is 5.16. The van der Waals surface area contributed by atoms with E-state index in [0.717, 1.165) is 22.6 Å². The zero-order chi connectivity index (χ0) is 19.0. The number of benzene rings is 3. The summed E-state index contributed by atoms with van der Waals surface area (Å²) in [5.41, 5.74) is 2.00. The first-order valence-electron chi connectivity index (χ1n) is 8.28. The van der Waals surface area contributed by atoms with Gasteiger partial charge in [-0.3, -0.25) is 0 Å². The van der Waals surface area contributed by atoms with E-state index in [1.165, 1.54) is 6.07 Å². The van der Waals surface area contributed by atoms with Gasteiger partial charge in [0.2, 0.25) is 6.79 Å². The van der Waals surface area contributed by atoms with Gasteiger partial charge in [0.25, 0.3) is 0 Å². The first-order chi connectivity index (χ1) is 13.1. The third kappa shape index (κ3) is 3.38. The van der Waals surface area contributed by atoms with Gasteiger partial charge >= 0.3 is 0 Å². The molecule has 0 saturated carbocycles. The Kier molecular flexibility index (Phi) is 4.76.